The van der Waals surface area contributed by atoms with Crippen LogP contribution >= 0.6 is 0 Å². The highest BCUT2D eigenvalue weighted by molar-refractivity contribution is 5.83. The highest BCUT2D eigenvalue weighted by Crippen LogP contribution is 2.29. The molecule has 2 N–H and O–H groups in total. The minimum Gasteiger partial charge on any atom is -0.493 e. The van der Waals surface area contributed by atoms with Crippen LogP contribution in [-0.4, -0.2) is 27.3 Å². The summed E-state index contributed by atoms with van der Waals surface area (Å²) in [7, 11) is 1.64. The number of hydrogen-bond acceptors (Lipinski definition) is 4. The Morgan fingerprint density at radius 1 is 0.853 bits per heavy atom. The van der Waals surface area contributed by atoms with E-state index in [1.165, 1.54) is 5.39 Å². The predicted octanol–water partition coefficient (Wildman–Crippen LogP) is 6.21. The first-order chi connectivity index (χ1) is 16.8. The molecule has 5 aromatic rings. The van der Waals surface area contributed by atoms with E-state index in [9.17, 15) is 0 Å². The molecule has 0 atom stereocenters. The van der Waals surface area contributed by atoms with E-state index in [-0.39, 0.29) is 0 Å². The Hall–Kier alpha value is -4.58. The van der Waals surface area contributed by atoms with Gasteiger partial charge in [-0.25, -0.2) is 0 Å². The number of aromatic amines is 2. The van der Waals surface area contributed by atoms with Crippen LogP contribution < -0.4 is 9.47 Å². The average molecular weight is 449 g/mol. The SMILES string of the molecule is COc1cc(/C=C/c2cc(/C=C/c3ccc4cc[nH]c4c3)n[nH]2)ccc1OCc1ccccn1. The Labute approximate surface area is 197 Å². The zero-order valence-electron chi connectivity index (χ0n) is 18.7. The van der Waals surface area contributed by atoms with Crippen molar-refractivity contribution in [1.29, 1.82) is 0 Å². The van der Waals surface area contributed by atoms with Gasteiger partial charge >= 0.3 is 0 Å². The third-order valence-electron chi connectivity index (χ3n) is 5.39. The van der Waals surface area contributed by atoms with E-state index in [2.05, 4.69) is 50.5 Å². The van der Waals surface area contributed by atoms with E-state index < -0.39 is 0 Å². The Morgan fingerprint density at radius 2 is 1.74 bits per heavy atom. The molecule has 0 spiro atoms. The van der Waals surface area contributed by atoms with Crippen molar-refractivity contribution >= 4 is 35.2 Å². The van der Waals surface area contributed by atoms with Crippen molar-refractivity contribution in [2.24, 2.45) is 0 Å². The first-order valence-corrected chi connectivity index (χ1v) is 11.0. The van der Waals surface area contributed by atoms with Gasteiger partial charge in [-0.05, 0) is 71.1 Å². The lowest BCUT2D eigenvalue weighted by atomic mass is 10.1. The second kappa shape index (κ2) is 9.92. The van der Waals surface area contributed by atoms with E-state index in [0.29, 0.717) is 18.1 Å². The topological polar surface area (TPSA) is 75.8 Å². The van der Waals surface area contributed by atoms with Crippen molar-refractivity contribution in [3.05, 3.63) is 107 Å². The van der Waals surface area contributed by atoms with Gasteiger partial charge in [0.05, 0.1) is 24.2 Å². The van der Waals surface area contributed by atoms with Crippen LogP contribution in [0.1, 0.15) is 28.2 Å². The van der Waals surface area contributed by atoms with Gasteiger partial charge in [0, 0.05) is 17.9 Å². The fourth-order valence-corrected chi connectivity index (χ4v) is 3.60. The number of ether oxygens (including phenoxy) is 2. The molecule has 3 aromatic heterocycles. The van der Waals surface area contributed by atoms with Crippen molar-refractivity contribution < 1.29 is 9.47 Å². The number of H-pyrrole nitrogens is 2. The van der Waals surface area contributed by atoms with Gasteiger partial charge in [-0.1, -0.05) is 36.4 Å². The van der Waals surface area contributed by atoms with Gasteiger partial charge in [0.2, 0.25) is 0 Å². The number of benzene rings is 2. The number of methoxy groups -OCH3 is 1. The summed E-state index contributed by atoms with van der Waals surface area (Å²) in [6, 6.07) is 22.0. The maximum Gasteiger partial charge on any atom is 0.161 e. The Bertz CT molecular complexity index is 1450. The van der Waals surface area contributed by atoms with Crippen LogP contribution in [0.5, 0.6) is 11.5 Å². The molecule has 0 bridgehead atoms. The molecule has 3 heterocycles. The lowest BCUT2D eigenvalue weighted by Crippen LogP contribution is -1.99. The van der Waals surface area contributed by atoms with Crippen LogP contribution in [0.25, 0.3) is 35.2 Å². The van der Waals surface area contributed by atoms with Crippen LogP contribution in [0.3, 0.4) is 0 Å². The minimum absolute atomic E-state index is 0.385. The van der Waals surface area contributed by atoms with Crippen molar-refractivity contribution in [2.75, 3.05) is 7.11 Å². The second-order valence-corrected chi connectivity index (χ2v) is 7.76. The molecule has 0 radical (unpaired) electrons. The van der Waals surface area contributed by atoms with E-state index in [1.807, 2.05) is 66.9 Å². The summed E-state index contributed by atoms with van der Waals surface area (Å²) in [5.41, 5.74) is 5.87. The maximum absolute atomic E-state index is 5.88. The predicted molar refractivity (Wildman–Crippen MR) is 136 cm³/mol. The lowest BCUT2D eigenvalue weighted by molar-refractivity contribution is 0.280. The molecule has 0 amide bonds. The normalized spacial score (nSPS) is 11.6. The lowest BCUT2D eigenvalue weighted by Gasteiger charge is -2.11. The van der Waals surface area contributed by atoms with Crippen LogP contribution in [0.4, 0.5) is 0 Å². The Balaban J connectivity index is 1.24. The molecule has 0 saturated carbocycles. The van der Waals surface area contributed by atoms with E-state index >= 15 is 0 Å². The maximum atomic E-state index is 5.88. The van der Waals surface area contributed by atoms with Crippen molar-refractivity contribution in [1.82, 2.24) is 20.2 Å². The molecule has 6 heteroatoms. The first-order valence-electron chi connectivity index (χ1n) is 11.0. The molecule has 34 heavy (non-hydrogen) atoms. The molecule has 0 saturated heterocycles. The summed E-state index contributed by atoms with van der Waals surface area (Å²) in [4.78, 5) is 7.52. The molecule has 5 rings (SSSR count). The fraction of sp³-hybridized carbons (Fsp3) is 0.0714. The third kappa shape index (κ3) is 5.07. The number of nitrogens with zero attached hydrogens (tertiary/aromatic N) is 2. The van der Waals surface area contributed by atoms with Gasteiger partial charge in [0.25, 0.3) is 0 Å². The molecule has 0 unspecified atom stereocenters. The molecular formula is C28H24N4O2. The fourth-order valence-electron chi connectivity index (χ4n) is 3.60. The molecule has 0 aliphatic heterocycles. The number of aromatic nitrogens is 4. The van der Waals surface area contributed by atoms with Gasteiger partial charge < -0.3 is 14.5 Å². The van der Waals surface area contributed by atoms with E-state index in [1.54, 1.807) is 13.3 Å². The van der Waals surface area contributed by atoms with Gasteiger partial charge in [-0.2, -0.15) is 5.10 Å². The minimum atomic E-state index is 0.385. The number of pyridine rings is 1. The molecule has 6 nitrogen and oxygen atoms in total. The summed E-state index contributed by atoms with van der Waals surface area (Å²) < 4.78 is 11.4. The van der Waals surface area contributed by atoms with Gasteiger partial charge in [-0.3, -0.25) is 10.1 Å². The zero-order valence-corrected chi connectivity index (χ0v) is 18.7. The van der Waals surface area contributed by atoms with Crippen LogP contribution in [-0.2, 0) is 6.61 Å². The van der Waals surface area contributed by atoms with Crippen LogP contribution in [0.2, 0.25) is 0 Å². The number of hydrogen-bond donors (Lipinski definition) is 2. The Kier molecular flexibility index (Phi) is 6.21. The second-order valence-electron chi connectivity index (χ2n) is 7.76. The number of fused-ring (bicyclic) bond motifs is 1. The first kappa shape index (κ1) is 21.3. The largest absolute Gasteiger partial charge is 0.493 e. The molecule has 168 valence electrons. The zero-order chi connectivity index (χ0) is 23.2. The monoisotopic (exact) mass is 448 g/mol. The summed E-state index contributed by atoms with van der Waals surface area (Å²) in [5, 5.41) is 8.64. The van der Waals surface area contributed by atoms with E-state index in [4.69, 9.17) is 9.47 Å². The van der Waals surface area contributed by atoms with Crippen LogP contribution in [0.15, 0.2) is 79.1 Å². The number of nitrogens with one attached hydrogen (secondary N) is 2. The molecule has 0 aliphatic rings. The standard InChI is InChI=1S/C28H24N4O2/c1-33-28-17-21(8-12-27(28)34-19-25-4-2-3-14-29-25)7-11-24-18-23(31-32-24)10-6-20-5-9-22-13-15-30-26(22)16-20/h2-18,30H,19H2,1H3,(H,31,32)/b10-6+,11-7+. The summed E-state index contributed by atoms with van der Waals surface area (Å²) >= 11 is 0. The summed E-state index contributed by atoms with van der Waals surface area (Å²) in [5.74, 6) is 1.35. The molecule has 0 aliphatic carbocycles. The molecule has 0 fully saturated rings. The quantitative estimate of drug-likeness (QED) is 0.296. The van der Waals surface area contributed by atoms with Gasteiger partial charge in [0.15, 0.2) is 11.5 Å². The highest BCUT2D eigenvalue weighted by Gasteiger charge is 2.06. The van der Waals surface area contributed by atoms with Gasteiger partial charge in [-0.15, -0.1) is 0 Å². The van der Waals surface area contributed by atoms with E-state index in [0.717, 1.165) is 33.7 Å². The third-order valence-corrected chi connectivity index (χ3v) is 5.39. The molecular weight excluding hydrogens is 424 g/mol. The van der Waals surface area contributed by atoms with Crippen molar-refractivity contribution in [2.45, 2.75) is 6.61 Å². The summed E-state index contributed by atoms with van der Waals surface area (Å²) in [6.45, 7) is 0.385. The van der Waals surface area contributed by atoms with Crippen LogP contribution in [0, 0.1) is 0 Å². The van der Waals surface area contributed by atoms with Crippen molar-refractivity contribution in [3.63, 3.8) is 0 Å². The Morgan fingerprint density at radius 3 is 2.62 bits per heavy atom. The average Bonchev–Trinajstić information content (AvgIpc) is 3.55. The van der Waals surface area contributed by atoms with Crippen molar-refractivity contribution in [3.8, 4) is 11.5 Å². The number of rotatable bonds is 8. The summed E-state index contributed by atoms with van der Waals surface area (Å²) in [6.07, 6.45) is 11.7. The smallest absolute Gasteiger partial charge is 0.161 e. The highest BCUT2D eigenvalue weighted by atomic mass is 16.5. The van der Waals surface area contributed by atoms with Gasteiger partial charge in [0.1, 0.15) is 6.61 Å². The molecule has 2 aromatic carbocycles.